The van der Waals surface area contributed by atoms with Crippen LogP contribution in [0.2, 0.25) is 10.0 Å². The minimum Gasteiger partial charge on any atom is -0.457 e. The van der Waals surface area contributed by atoms with Crippen LogP contribution in [-0.2, 0) is 14.3 Å². The molecule has 1 heterocycles. The number of nitrogens with zero attached hydrogens (tertiary/aromatic N) is 1. The summed E-state index contributed by atoms with van der Waals surface area (Å²) in [6.45, 7) is -0.365. The number of benzene rings is 5. The monoisotopic (exact) mass is 653 g/mol. The third-order valence-corrected chi connectivity index (χ3v) is 8.02. The molecular weight excluding hydrogens is 629 g/mol. The highest BCUT2D eigenvalue weighted by Gasteiger charge is 2.36. The first-order valence-corrected chi connectivity index (χ1v) is 15.0. The van der Waals surface area contributed by atoms with Crippen LogP contribution in [0.5, 0.6) is 17.2 Å². The van der Waals surface area contributed by atoms with Crippen molar-refractivity contribution in [3.8, 4) is 17.2 Å². The van der Waals surface area contributed by atoms with E-state index in [4.69, 9.17) is 37.4 Å². The lowest BCUT2D eigenvalue weighted by Gasteiger charge is -2.17. The molecule has 5 aromatic rings. The molecule has 5 aromatic carbocycles. The first-order valence-electron chi connectivity index (χ1n) is 14.3. The highest BCUT2D eigenvalue weighted by molar-refractivity contribution is 6.36. The fourth-order valence-corrected chi connectivity index (χ4v) is 5.57. The third-order valence-electron chi connectivity index (χ3n) is 7.47. The fraction of sp³-hybridized carbons (Fsp3) is 0.111. The molecule has 6 rings (SSSR count). The number of amides is 1. The first kappa shape index (κ1) is 30.8. The molecule has 0 saturated carbocycles. The minimum absolute atomic E-state index is 0.0288. The molecule has 0 N–H and O–H groups in total. The molecule has 1 fully saturated rings. The van der Waals surface area contributed by atoms with E-state index in [-0.39, 0.29) is 40.8 Å². The van der Waals surface area contributed by atoms with Gasteiger partial charge < -0.3 is 19.1 Å². The predicted molar refractivity (Wildman–Crippen MR) is 174 cm³/mol. The van der Waals surface area contributed by atoms with Crippen molar-refractivity contribution in [2.24, 2.45) is 5.92 Å². The van der Waals surface area contributed by atoms with Crippen molar-refractivity contribution >= 4 is 63.3 Å². The maximum atomic E-state index is 12.8. The van der Waals surface area contributed by atoms with Crippen LogP contribution in [0.25, 0.3) is 10.8 Å². The van der Waals surface area contributed by atoms with Crippen molar-refractivity contribution in [3.05, 3.63) is 130 Å². The average molecular weight is 655 g/mol. The van der Waals surface area contributed by atoms with Crippen LogP contribution in [0.15, 0.2) is 109 Å². The van der Waals surface area contributed by atoms with Crippen molar-refractivity contribution in [1.82, 2.24) is 0 Å². The zero-order valence-corrected chi connectivity index (χ0v) is 25.7. The van der Waals surface area contributed by atoms with Gasteiger partial charge in [0.2, 0.25) is 5.91 Å². The van der Waals surface area contributed by atoms with Gasteiger partial charge in [-0.3, -0.25) is 14.4 Å². The predicted octanol–water partition coefficient (Wildman–Crippen LogP) is 7.94. The van der Waals surface area contributed by atoms with E-state index >= 15 is 0 Å². The van der Waals surface area contributed by atoms with E-state index in [1.54, 1.807) is 24.3 Å². The number of fused-ring (bicyclic) bond motifs is 1. The van der Waals surface area contributed by atoms with Crippen molar-refractivity contribution < 1.29 is 33.4 Å². The SMILES string of the molecule is O=C(COC(=O)[C@H]1CC(=O)N(c2ccc(Oc3cccc4ccccc34)cc2)C1)c1ccc(OC(=O)c2ccc(Cl)cc2Cl)cc1. The maximum absolute atomic E-state index is 12.8. The molecule has 230 valence electrons. The van der Waals surface area contributed by atoms with Gasteiger partial charge in [-0.15, -0.1) is 0 Å². The second-order valence-electron chi connectivity index (χ2n) is 10.5. The molecule has 0 radical (unpaired) electrons. The summed E-state index contributed by atoms with van der Waals surface area (Å²) in [6, 6.07) is 31.1. The fourth-order valence-electron chi connectivity index (χ4n) is 5.08. The van der Waals surface area contributed by atoms with E-state index in [9.17, 15) is 19.2 Å². The number of halogens is 2. The normalized spacial score (nSPS) is 14.3. The number of hydrogen-bond acceptors (Lipinski definition) is 7. The molecule has 1 aliphatic rings. The molecule has 10 heteroatoms. The zero-order valence-electron chi connectivity index (χ0n) is 24.2. The number of carbonyl (C=O) groups excluding carboxylic acids is 4. The Balaban J connectivity index is 1.01. The molecule has 0 bridgehead atoms. The Morgan fingerprint density at radius 2 is 1.52 bits per heavy atom. The lowest BCUT2D eigenvalue weighted by atomic mass is 10.1. The van der Waals surface area contributed by atoms with Gasteiger partial charge in [-0.05, 0) is 78.2 Å². The van der Waals surface area contributed by atoms with E-state index in [1.165, 1.54) is 47.4 Å². The summed E-state index contributed by atoms with van der Waals surface area (Å²) in [5.41, 5.74) is 1.03. The largest absolute Gasteiger partial charge is 0.457 e. The summed E-state index contributed by atoms with van der Waals surface area (Å²) in [5, 5.41) is 2.59. The maximum Gasteiger partial charge on any atom is 0.345 e. The number of rotatable bonds is 9. The second kappa shape index (κ2) is 13.4. The van der Waals surface area contributed by atoms with E-state index in [1.807, 2.05) is 42.5 Å². The molecule has 1 atom stereocenters. The zero-order chi connectivity index (χ0) is 32.2. The highest BCUT2D eigenvalue weighted by atomic mass is 35.5. The second-order valence-corrected chi connectivity index (χ2v) is 11.4. The van der Waals surface area contributed by atoms with Gasteiger partial charge in [-0.25, -0.2) is 4.79 Å². The quantitative estimate of drug-likeness (QED) is 0.0904. The summed E-state index contributed by atoms with van der Waals surface area (Å²) in [7, 11) is 0. The van der Waals surface area contributed by atoms with Gasteiger partial charge in [-0.1, -0.05) is 59.6 Å². The molecule has 0 aliphatic carbocycles. The molecule has 0 unspecified atom stereocenters. The number of ketones is 1. The smallest absolute Gasteiger partial charge is 0.345 e. The Kier molecular flexibility index (Phi) is 9.01. The van der Waals surface area contributed by atoms with Crippen LogP contribution in [0.1, 0.15) is 27.1 Å². The minimum atomic E-state index is -0.714. The summed E-state index contributed by atoms with van der Waals surface area (Å²) in [4.78, 5) is 52.2. The van der Waals surface area contributed by atoms with Gasteiger partial charge in [0.25, 0.3) is 0 Å². The first-order chi connectivity index (χ1) is 22.2. The van der Waals surface area contributed by atoms with E-state index < -0.39 is 30.2 Å². The van der Waals surface area contributed by atoms with Crippen molar-refractivity contribution in [2.75, 3.05) is 18.1 Å². The molecule has 1 saturated heterocycles. The van der Waals surface area contributed by atoms with Crippen LogP contribution >= 0.6 is 23.2 Å². The lowest BCUT2D eigenvalue weighted by Crippen LogP contribution is -2.27. The van der Waals surface area contributed by atoms with Gasteiger partial charge in [-0.2, -0.15) is 0 Å². The molecule has 0 aromatic heterocycles. The molecule has 1 amide bonds. The summed E-state index contributed by atoms with van der Waals surface area (Å²) < 4.78 is 16.7. The van der Waals surface area contributed by atoms with Crippen LogP contribution in [0.4, 0.5) is 5.69 Å². The van der Waals surface area contributed by atoms with E-state index in [2.05, 4.69) is 0 Å². The Labute approximate surface area is 274 Å². The van der Waals surface area contributed by atoms with Crippen LogP contribution < -0.4 is 14.4 Å². The Morgan fingerprint density at radius 1 is 0.804 bits per heavy atom. The Bertz CT molecular complexity index is 1950. The number of anilines is 1. The van der Waals surface area contributed by atoms with E-state index in [0.717, 1.165) is 16.5 Å². The summed E-state index contributed by atoms with van der Waals surface area (Å²) in [5.74, 6) is -1.17. The molecule has 1 aliphatic heterocycles. The van der Waals surface area contributed by atoms with Crippen molar-refractivity contribution in [3.63, 3.8) is 0 Å². The number of esters is 2. The van der Waals surface area contributed by atoms with Crippen molar-refractivity contribution in [2.45, 2.75) is 6.42 Å². The molecule has 8 nitrogen and oxygen atoms in total. The average Bonchev–Trinajstić information content (AvgIpc) is 3.45. The van der Waals surface area contributed by atoms with Crippen LogP contribution in [0, 0.1) is 5.92 Å². The lowest BCUT2D eigenvalue weighted by molar-refractivity contribution is -0.147. The van der Waals surface area contributed by atoms with Gasteiger partial charge >= 0.3 is 11.9 Å². The standard InChI is InChI=1S/C36H25Cl2NO7/c37-25-10-17-30(31(38)19-25)36(43)46-28-13-8-23(9-14-28)32(40)21-44-35(42)24-18-34(41)39(20-24)26-11-15-27(16-12-26)45-33-7-3-5-22-4-1-2-6-29(22)33/h1-17,19,24H,18,20-21H2/t24-/m0/s1. The van der Waals surface area contributed by atoms with Gasteiger partial charge in [0.15, 0.2) is 12.4 Å². The number of ether oxygens (including phenoxy) is 3. The summed E-state index contributed by atoms with van der Waals surface area (Å²) >= 11 is 11.9. The van der Waals surface area contributed by atoms with Crippen LogP contribution in [-0.4, -0.2) is 36.8 Å². The Hall–Kier alpha value is -5.18. The molecule has 46 heavy (non-hydrogen) atoms. The van der Waals surface area contributed by atoms with Crippen LogP contribution in [0.3, 0.4) is 0 Å². The van der Waals surface area contributed by atoms with Gasteiger partial charge in [0.05, 0.1) is 16.5 Å². The highest BCUT2D eigenvalue weighted by Crippen LogP contribution is 2.32. The number of Topliss-reactive ketones (excluding diaryl/α,β-unsaturated/α-hetero) is 1. The summed E-state index contributed by atoms with van der Waals surface area (Å²) in [6.07, 6.45) is -0.0288. The van der Waals surface area contributed by atoms with E-state index in [0.29, 0.717) is 16.5 Å². The third kappa shape index (κ3) is 6.88. The topological polar surface area (TPSA) is 99.2 Å². The van der Waals surface area contributed by atoms with Crippen molar-refractivity contribution in [1.29, 1.82) is 0 Å². The Morgan fingerprint density at radius 3 is 2.28 bits per heavy atom. The number of carbonyl (C=O) groups is 4. The number of hydrogen-bond donors (Lipinski definition) is 0. The van der Waals surface area contributed by atoms with Gasteiger partial charge in [0.1, 0.15) is 17.2 Å². The van der Waals surface area contributed by atoms with Gasteiger partial charge in [0, 0.05) is 34.6 Å². The molecular formula is C36H25Cl2NO7. The molecule has 0 spiro atoms.